The molecule has 1 aromatic heterocycles. The molecule has 4 atom stereocenters. The number of aliphatic carboxylic acids is 1. The van der Waals surface area contributed by atoms with Crippen LogP contribution in [-0.4, -0.2) is 54.2 Å². The molecule has 2 aromatic carbocycles. The van der Waals surface area contributed by atoms with Crippen molar-refractivity contribution in [1.29, 1.82) is 0 Å². The Morgan fingerprint density at radius 3 is 2.39 bits per heavy atom. The zero-order valence-electron chi connectivity index (χ0n) is 22.7. The van der Waals surface area contributed by atoms with Crippen LogP contribution in [-0.2, 0) is 19.6 Å². The molecule has 1 amide bonds. The van der Waals surface area contributed by atoms with Crippen molar-refractivity contribution in [2.75, 3.05) is 13.6 Å². The number of carboxylic acids is 1. The highest BCUT2D eigenvalue weighted by molar-refractivity contribution is 7.91. The third kappa shape index (κ3) is 6.20. The summed E-state index contributed by atoms with van der Waals surface area (Å²) in [4.78, 5) is 28.4. The van der Waals surface area contributed by atoms with Crippen molar-refractivity contribution >= 4 is 56.4 Å². The maximum Gasteiger partial charge on any atom is 0.304 e. The largest absolute Gasteiger partial charge is 0.481 e. The first-order chi connectivity index (χ1) is 19.4. The van der Waals surface area contributed by atoms with Crippen LogP contribution in [0.15, 0.2) is 70.3 Å². The van der Waals surface area contributed by atoms with Crippen LogP contribution in [0.25, 0.3) is 0 Å². The number of hydrogen-bond acceptors (Lipinski definition) is 5. The molecular formula is C30H32Cl2N2O5S2. The van der Waals surface area contributed by atoms with Crippen LogP contribution >= 0.6 is 34.5 Å². The third-order valence-electron chi connectivity index (χ3n) is 8.26. The predicted octanol–water partition coefficient (Wildman–Crippen LogP) is 6.69. The maximum atomic E-state index is 14.6. The summed E-state index contributed by atoms with van der Waals surface area (Å²) in [5, 5.41) is 12.7. The summed E-state index contributed by atoms with van der Waals surface area (Å²) in [5.41, 5.74) is 0.528. The maximum absolute atomic E-state index is 14.6. The van der Waals surface area contributed by atoms with Gasteiger partial charge in [-0.2, -0.15) is 4.31 Å². The highest BCUT2D eigenvalue weighted by Gasteiger charge is 2.55. The van der Waals surface area contributed by atoms with E-state index in [1.54, 1.807) is 54.6 Å². The van der Waals surface area contributed by atoms with E-state index in [0.29, 0.717) is 16.5 Å². The first-order valence-electron chi connectivity index (χ1n) is 13.5. The summed E-state index contributed by atoms with van der Waals surface area (Å²) >= 11 is 13.8. The van der Waals surface area contributed by atoms with Gasteiger partial charge in [0.1, 0.15) is 4.21 Å². The number of benzene rings is 2. The molecule has 2 aliphatic rings. The van der Waals surface area contributed by atoms with Gasteiger partial charge in [-0.1, -0.05) is 60.5 Å². The smallest absolute Gasteiger partial charge is 0.304 e. The number of sulfonamides is 1. The second-order valence-corrected chi connectivity index (χ2v) is 15.4. The molecule has 0 spiro atoms. The van der Waals surface area contributed by atoms with Gasteiger partial charge in [0.05, 0.1) is 17.9 Å². The topological polar surface area (TPSA) is 95.0 Å². The van der Waals surface area contributed by atoms with Gasteiger partial charge in [-0.15, -0.1) is 11.3 Å². The van der Waals surface area contributed by atoms with Crippen LogP contribution in [0.5, 0.6) is 0 Å². The van der Waals surface area contributed by atoms with Gasteiger partial charge in [-0.05, 0) is 72.0 Å². The van der Waals surface area contributed by atoms with E-state index < -0.39 is 33.5 Å². The number of likely N-dealkylation sites (N-methyl/N-ethyl adjacent to an activating group) is 1. The van der Waals surface area contributed by atoms with Crippen LogP contribution in [0.4, 0.5) is 0 Å². The fourth-order valence-electron chi connectivity index (χ4n) is 6.12. The number of piperidine rings is 1. The Kier molecular flexibility index (Phi) is 8.56. The Balaban J connectivity index is 1.65. The lowest BCUT2D eigenvalue weighted by atomic mass is 9.67. The normalized spacial score (nSPS) is 24.0. The van der Waals surface area contributed by atoms with Crippen LogP contribution in [0, 0.1) is 11.3 Å². The summed E-state index contributed by atoms with van der Waals surface area (Å²) in [6, 6.07) is 17.1. The predicted molar refractivity (Wildman–Crippen MR) is 161 cm³/mol. The van der Waals surface area contributed by atoms with Crippen LogP contribution in [0.3, 0.4) is 0 Å². The van der Waals surface area contributed by atoms with Crippen LogP contribution in [0.2, 0.25) is 10.0 Å². The molecule has 1 aliphatic heterocycles. The fourth-order valence-corrected chi connectivity index (χ4v) is 8.83. The number of rotatable bonds is 10. The Morgan fingerprint density at radius 1 is 1.10 bits per heavy atom. The molecule has 41 heavy (non-hydrogen) atoms. The summed E-state index contributed by atoms with van der Waals surface area (Å²) in [7, 11) is -2.23. The Labute approximate surface area is 254 Å². The number of thiophene rings is 1. The molecular weight excluding hydrogens is 603 g/mol. The monoisotopic (exact) mass is 634 g/mol. The molecule has 218 valence electrons. The van der Waals surface area contributed by atoms with E-state index in [1.165, 1.54) is 4.31 Å². The minimum absolute atomic E-state index is 0.0851. The number of carbonyl (C=O) groups is 2. The van der Waals surface area contributed by atoms with Gasteiger partial charge in [0.2, 0.25) is 5.91 Å². The molecule has 2 fully saturated rings. The van der Waals surface area contributed by atoms with E-state index in [4.69, 9.17) is 23.2 Å². The van der Waals surface area contributed by atoms with Crippen molar-refractivity contribution < 1.29 is 23.1 Å². The number of hydrogen-bond donors (Lipinski definition) is 1. The molecule has 1 saturated heterocycles. The minimum atomic E-state index is -3.77. The molecule has 1 N–H and O–H groups in total. The third-order valence-corrected chi connectivity index (χ3v) is 11.9. The fraction of sp³-hybridized carbons (Fsp3) is 0.400. The van der Waals surface area contributed by atoms with Gasteiger partial charge in [0.25, 0.3) is 10.0 Å². The average molecular weight is 636 g/mol. The lowest BCUT2D eigenvalue weighted by molar-refractivity contribution is -0.161. The molecule has 1 unspecified atom stereocenters. The van der Waals surface area contributed by atoms with Gasteiger partial charge in [0.15, 0.2) is 0 Å². The molecule has 5 rings (SSSR count). The van der Waals surface area contributed by atoms with Crippen molar-refractivity contribution in [3.8, 4) is 0 Å². The number of halogens is 2. The van der Waals surface area contributed by atoms with Crippen molar-refractivity contribution in [3.63, 3.8) is 0 Å². The first-order valence-corrected chi connectivity index (χ1v) is 16.5. The van der Waals surface area contributed by atoms with Crippen molar-refractivity contribution in [1.82, 2.24) is 9.21 Å². The van der Waals surface area contributed by atoms with E-state index in [9.17, 15) is 23.1 Å². The summed E-state index contributed by atoms with van der Waals surface area (Å²) < 4.78 is 28.5. The van der Waals surface area contributed by atoms with E-state index in [-0.39, 0.29) is 34.9 Å². The zero-order chi connectivity index (χ0) is 29.5. The number of likely N-dealkylation sites (tertiary alicyclic amines) is 1. The molecule has 7 nitrogen and oxygen atoms in total. The lowest BCUT2D eigenvalue weighted by Gasteiger charge is -2.52. The molecule has 2 heterocycles. The second kappa shape index (κ2) is 11.7. The molecule has 11 heteroatoms. The number of carboxylic acid groups (broad SMARTS) is 1. The Hall–Kier alpha value is -2.43. The van der Waals surface area contributed by atoms with E-state index in [0.717, 1.165) is 35.3 Å². The van der Waals surface area contributed by atoms with Gasteiger partial charge in [-0.25, -0.2) is 8.42 Å². The van der Waals surface area contributed by atoms with Gasteiger partial charge < -0.3 is 10.0 Å². The second-order valence-electron chi connectivity index (χ2n) is 11.3. The number of carbonyl (C=O) groups excluding carboxylic acids is 1. The number of amides is 1. The van der Waals surface area contributed by atoms with Crippen molar-refractivity contribution in [3.05, 3.63) is 87.2 Å². The highest BCUT2D eigenvalue weighted by Crippen LogP contribution is 2.54. The highest BCUT2D eigenvalue weighted by atomic mass is 35.5. The van der Waals surface area contributed by atoms with Crippen molar-refractivity contribution in [2.24, 2.45) is 11.3 Å². The molecule has 0 bridgehead atoms. The van der Waals surface area contributed by atoms with Gasteiger partial charge >= 0.3 is 5.97 Å². The van der Waals surface area contributed by atoms with E-state index in [1.807, 2.05) is 30.3 Å². The quantitative estimate of drug-likeness (QED) is 0.268. The minimum Gasteiger partial charge on any atom is -0.481 e. The lowest BCUT2D eigenvalue weighted by Crippen LogP contribution is -2.59. The molecule has 1 aliphatic carbocycles. The van der Waals surface area contributed by atoms with E-state index >= 15 is 0 Å². The number of nitrogens with zero attached hydrogens (tertiary/aromatic N) is 2. The first kappa shape index (κ1) is 30.0. The summed E-state index contributed by atoms with van der Waals surface area (Å²) in [6.45, 7) is 1.80. The molecule has 1 saturated carbocycles. The zero-order valence-corrected chi connectivity index (χ0v) is 25.9. The standard InChI is InChI=1S/C30H32Cl2N2O5S2/c1-30(17-26(35)36)16-24(21-5-3-6-23(32)15-21)28(20-10-12-22(31)13-11-20)34(29(30)37)25(19-8-9-19)18-33(2)41(38,39)27-7-4-14-40-27/h3-7,10-15,19,24-25,28H,8-9,16-18H2,1-2H3,(H,35,36)/t24-,25?,28-,30-/m1/s1. The van der Waals surface area contributed by atoms with Crippen LogP contribution < -0.4 is 0 Å². The molecule has 3 aromatic rings. The van der Waals surface area contributed by atoms with Gasteiger partial charge in [0, 0.05) is 35.6 Å². The van der Waals surface area contributed by atoms with Crippen molar-refractivity contribution in [2.45, 2.75) is 54.8 Å². The van der Waals surface area contributed by atoms with E-state index in [2.05, 4.69) is 0 Å². The summed E-state index contributed by atoms with van der Waals surface area (Å²) in [5.74, 6) is -1.55. The molecule has 0 radical (unpaired) electrons. The average Bonchev–Trinajstić information content (AvgIpc) is 3.60. The Morgan fingerprint density at radius 2 is 1.80 bits per heavy atom. The van der Waals surface area contributed by atoms with Gasteiger partial charge in [-0.3, -0.25) is 9.59 Å². The SMILES string of the molecule is CN(CC(C1CC1)N1C(=O)[C@@](C)(CC(=O)O)C[C@H](c2cccc(Cl)c2)[C@H]1c1ccc(Cl)cc1)S(=O)(=O)c1cccs1. The Bertz CT molecular complexity index is 1530. The van der Waals surface area contributed by atoms with Crippen LogP contribution in [0.1, 0.15) is 55.7 Å². The summed E-state index contributed by atoms with van der Waals surface area (Å²) in [6.07, 6.45) is 1.66.